The van der Waals surface area contributed by atoms with Gasteiger partial charge in [-0.15, -0.1) is 0 Å². The fraction of sp³-hybridized carbons (Fsp3) is 0.185. The number of benzene rings is 3. The van der Waals surface area contributed by atoms with E-state index in [4.69, 9.17) is 5.11 Å². The van der Waals surface area contributed by atoms with Crippen LogP contribution in [-0.4, -0.2) is 21.2 Å². The molecule has 0 unspecified atom stereocenters. The lowest BCUT2D eigenvalue weighted by molar-refractivity contribution is -0.137. The van der Waals surface area contributed by atoms with Gasteiger partial charge in [-0.25, -0.2) is 9.78 Å². The maximum Gasteiger partial charge on any atom is 0.417 e. The Kier molecular flexibility index (Phi) is 6.15. The van der Waals surface area contributed by atoms with Crippen molar-refractivity contribution in [2.75, 3.05) is 5.32 Å². The van der Waals surface area contributed by atoms with Crippen molar-refractivity contribution in [2.24, 2.45) is 0 Å². The van der Waals surface area contributed by atoms with Gasteiger partial charge in [0.15, 0.2) is 0 Å². The summed E-state index contributed by atoms with van der Waals surface area (Å²) in [5.74, 6) is 0.405. The minimum Gasteiger partial charge on any atom is -0.465 e. The Hall–Kier alpha value is -4.07. The minimum atomic E-state index is -4.66. The molecule has 35 heavy (non-hydrogen) atoms. The number of H-pyrrole nitrogens is 1. The van der Waals surface area contributed by atoms with Crippen LogP contribution in [0.3, 0.4) is 0 Å². The van der Waals surface area contributed by atoms with E-state index in [1.54, 1.807) is 18.2 Å². The molecule has 0 aliphatic heterocycles. The molecule has 0 aliphatic carbocycles. The van der Waals surface area contributed by atoms with Crippen molar-refractivity contribution in [2.45, 2.75) is 32.4 Å². The average Bonchev–Trinajstić information content (AvgIpc) is 3.18. The number of hydrogen-bond donors (Lipinski definition) is 3. The smallest absolute Gasteiger partial charge is 0.417 e. The third kappa shape index (κ3) is 5.37. The fourth-order valence-corrected chi connectivity index (χ4v) is 3.82. The molecule has 0 radical (unpaired) electrons. The zero-order chi connectivity index (χ0) is 25.4. The average molecular weight is 480 g/mol. The molecule has 0 saturated heterocycles. The summed E-state index contributed by atoms with van der Waals surface area (Å²) in [5.41, 5.74) is 1.85. The van der Waals surface area contributed by atoms with Gasteiger partial charge in [-0.3, -0.25) is 5.32 Å². The molecule has 0 spiro atoms. The number of hydrogen-bond acceptors (Lipinski definition) is 2. The van der Waals surface area contributed by atoms with Crippen molar-refractivity contribution in [3.8, 4) is 11.1 Å². The lowest BCUT2D eigenvalue weighted by Gasteiger charge is -2.18. The first kappa shape index (κ1) is 24.1. The van der Waals surface area contributed by atoms with Gasteiger partial charge in [0.05, 0.1) is 22.3 Å². The minimum absolute atomic E-state index is 0.0352. The topological polar surface area (TPSA) is 78.0 Å². The predicted octanol–water partition coefficient (Wildman–Crippen LogP) is 7.81. The molecule has 0 fully saturated rings. The van der Waals surface area contributed by atoms with Crippen molar-refractivity contribution >= 4 is 35.0 Å². The highest BCUT2D eigenvalue weighted by molar-refractivity contribution is 5.94. The summed E-state index contributed by atoms with van der Waals surface area (Å²) >= 11 is 0. The number of aromatic amines is 1. The van der Waals surface area contributed by atoms with Gasteiger partial charge >= 0.3 is 12.3 Å². The molecular weight excluding hydrogens is 455 g/mol. The molecule has 0 aliphatic rings. The van der Waals surface area contributed by atoms with Crippen molar-refractivity contribution in [1.29, 1.82) is 0 Å². The maximum atomic E-state index is 14.0. The second-order valence-electron chi connectivity index (χ2n) is 9.22. The van der Waals surface area contributed by atoms with Gasteiger partial charge in [-0.05, 0) is 46.4 Å². The highest BCUT2D eigenvalue weighted by Gasteiger charge is 2.35. The van der Waals surface area contributed by atoms with Crippen molar-refractivity contribution in [3.05, 3.63) is 83.2 Å². The first-order valence-electron chi connectivity index (χ1n) is 10.9. The molecule has 3 aromatic carbocycles. The Morgan fingerprint density at radius 1 is 0.971 bits per heavy atom. The maximum absolute atomic E-state index is 14.0. The van der Waals surface area contributed by atoms with E-state index in [2.05, 4.69) is 36.1 Å². The van der Waals surface area contributed by atoms with Crippen LogP contribution in [0, 0.1) is 0 Å². The Bertz CT molecular complexity index is 1410. The summed E-state index contributed by atoms with van der Waals surface area (Å²) in [7, 11) is 0. The standard InChI is InChI=1S/C27H24F3N3O2/c1-26(2,3)17-11-8-16(9-12-17)10-13-24-31-22-14-19(20(27(28,29)30)15-23(22)32-24)18-6-4-5-7-21(18)33-25(34)35/h4-15,33H,1-3H3,(H,31,32)(H,34,35)/b13-10+. The van der Waals surface area contributed by atoms with Gasteiger partial charge in [0.2, 0.25) is 0 Å². The number of alkyl halides is 3. The van der Waals surface area contributed by atoms with Crippen molar-refractivity contribution in [1.82, 2.24) is 9.97 Å². The molecule has 8 heteroatoms. The monoisotopic (exact) mass is 479 g/mol. The molecule has 4 rings (SSSR count). The van der Waals surface area contributed by atoms with Crippen molar-refractivity contribution < 1.29 is 23.1 Å². The number of aromatic nitrogens is 2. The van der Waals surface area contributed by atoms with Crippen LogP contribution in [0.25, 0.3) is 34.3 Å². The predicted molar refractivity (Wildman–Crippen MR) is 132 cm³/mol. The Labute approximate surface area is 200 Å². The highest BCUT2D eigenvalue weighted by atomic mass is 19.4. The van der Waals surface area contributed by atoms with Crippen LogP contribution < -0.4 is 5.32 Å². The molecular formula is C27H24F3N3O2. The second kappa shape index (κ2) is 8.94. The van der Waals surface area contributed by atoms with Crippen molar-refractivity contribution in [3.63, 3.8) is 0 Å². The number of amides is 1. The van der Waals surface area contributed by atoms with E-state index in [0.29, 0.717) is 11.3 Å². The van der Waals surface area contributed by atoms with Crippen LogP contribution in [0.5, 0.6) is 0 Å². The van der Waals surface area contributed by atoms with Gasteiger partial charge in [-0.1, -0.05) is 69.3 Å². The van der Waals surface area contributed by atoms with E-state index < -0.39 is 17.8 Å². The number of anilines is 1. The van der Waals surface area contributed by atoms with Gasteiger partial charge in [-0.2, -0.15) is 13.2 Å². The molecule has 4 aromatic rings. The van der Waals surface area contributed by atoms with Crippen LogP contribution in [0.1, 0.15) is 43.3 Å². The number of nitrogens with zero attached hydrogens (tertiary/aromatic N) is 1. The molecule has 3 N–H and O–H groups in total. The van der Waals surface area contributed by atoms with Crippen LogP contribution in [0.2, 0.25) is 0 Å². The number of halogens is 3. The van der Waals surface area contributed by atoms with E-state index in [-0.39, 0.29) is 27.7 Å². The van der Waals surface area contributed by atoms with Crippen LogP contribution in [0.4, 0.5) is 23.7 Å². The van der Waals surface area contributed by atoms with Gasteiger partial charge in [0.1, 0.15) is 5.82 Å². The fourth-order valence-electron chi connectivity index (χ4n) is 3.82. The SMILES string of the molecule is CC(C)(C)c1ccc(/C=C/c2nc3cc(-c4ccccc4NC(=O)O)c(C(F)(F)F)cc3[nH]2)cc1. The second-order valence-corrected chi connectivity index (χ2v) is 9.22. The number of carboxylic acid groups (broad SMARTS) is 1. The van der Waals surface area contributed by atoms with E-state index in [0.717, 1.165) is 11.6 Å². The lowest BCUT2D eigenvalue weighted by Crippen LogP contribution is -2.11. The Morgan fingerprint density at radius 3 is 2.29 bits per heavy atom. The van der Waals surface area contributed by atoms with Gasteiger partial charge < -0.3 is 10.1 Å². The Balaban J connectivity index is 1.75. The zero-order valence-electron chi connectivity index (χ0n) is 19.4. The number of para-hydroxylation sites is 1. The molecule has 0 bridgehead atoms. The molecule has 180 valence electrons. The summed E-state index contributed by atoms with van der Waals surface area (Å²) in [6, 6.07) is 16.3. The molecule has 0 saturated carbocycles. The zero-order valence-corrected chi connectivity index (χ0v) is 19.4. The molecule has 1 amide bonds. The highest BCUT2D eigenvalue weighted by Crippen LogP contribution is 2.41. The van der Waals surface area contributed by atoms with Crippen LogP contribution in [0.15, 0.2) is 60.7 Å². The number of nitrogens with one attached hydrogen (secondary N) is 2. The molecule has 1 aromatic heterocycles. The van der Waals surface area contributed by atoms with Crippen LogP contribution >= 0.6 is 0 Å². The summed E-state index contributed by atoms with van der Waals surface area (Å²) in [4.78, 5) is 18.5. The number of fused-ring (bicyclic) bond motifs is 1. The third-order valence-corrected chi connectivity index (χ3v) is 5.61. The lowest BCUT2D eigenvalue weighted by atomic mass is 9.87. The first-order chi connectivity index (χ1) is 16.4. The third-order valence-electron chi connectivity index (χ3n) is 5.61. The molecule has 0 atom stereocenters. The summed E-state index contributed by atoms with van der Waals surface area (Å²) < 4.78 is 41.9. The summed E-state index contributed by atoms with van der Waals surface area (Å²) in [5, 5.41) is 11.3. The first-order valence-corrected chi connectivity index (χ1v) is 10.9. The number of imidazole rings is 1. The largest absolute Gasteiger partial charge is 0.465 e. The number of carbonyl (C=O) groups is 1. The quantitative estimate of drug-likeness (QED) is 0.279. The van der Waals surface area contributed by atoms with E-state index in [1.165, 1.54) is 23.8 Å². The van der Waals surface area contributed by atoms with E-state index in [1.807, 2.05) is 30.3 Å². The normalized spacial score (nSPS) is 12.4. The Morgan fingerprint density at radius 2 is 1.66 bits per heavy atom. The molecule has 1 heterocycles. The van der Waals surface area contributed by atoms with E-state index in [9.17, 15) is 18.0 Å². The van der Waals surface area contributed by atoms with E-state index >= 15 is 0 Å². The number of rotatable bonds is 4. The van der Waals surface area contributed by atoms with Gasteiger partial charge in [0, 0.05) is 5.56 Å². The van der Waals surface area contributed by atoms with Gasteiger partial charge in [0.25, 0.3) is 0 Å². The summed E-state index contributed by atoms with van der Waals surface area (Å²) in [6.07, 6.45) is -2.48. The summed E-state index contributed by atoms with van der Waals surface area (Å²) in [6.45, 7) is 6.39. The molecule has 5 nitrogen and oxygen atoms in total. The van der Waals surface area contributed by atoms with Crippen LogP contribution in [-0.2, 0) is 11.6 Å².